The summed E-state index contributed by atoms with van der Waals surface area (Å²) < 4.78 is 1.72. The third-order valence-corrected chi connectivity index (χ3v) is 4.61. The van der Waals surface area contributed by atoms with E-state index in [0.29, 0.717) is 16.5 Å². The normalized spacial score (nSPS) is 12.1. The van der Waals surface area contributed by atoms with Crippen molar-refractivity contribution in [1.82, 2.24) is 14.8 Å². The van der Waals surface area contributed by atoms with Crippen LogP contribution in [0, 0.1) is 6.92 Å². The van der Waals surface area contributed by atoms with Crippen LogP contribution in [0.25, 0.3) is 5.69 Å². The van der Waals surface area contributed by atoms with E-state index in [1.807, 2.05) is 61.5 Å². The molecule has 6 nitrogen and oxygen atoms in total. The van der Waals surface area contributed by atoms with Crippen molar-refractivity contribution in [3.8, 4) is 5.69 Å². The third kappa shape index (κ3) is 3.72. The van der Waals surface area contributed by atoms with Crippen LogP contribution in [0.2, 0.25) is 0 Å². The first-order valence-electron chi connectivity index (χ1n) is 7.67. The number of aliphatic carboxylic acids is 1. The highest BCUT2D eigenvalue weighted by molar-refractivity contribution is 7.99. The molecular weight excluding hydrogens is 338 g/mol. The van der Waals surface area contributed by atoms with Gasteiger partial charge in [-0.2, -0.15) is 0 Å². The molecule has 0 aliphatic rings. The molecule has 1 unspecified atom stereocenters. The molecule has 2 aromatic carbocycles. The first-order valence-corrected chi connectivity index (χ1v) is 8.65. The SMILES string of the molecule is Cc1ccccc1-n1c(SCC(=O)O)nnc1C(O)c1ccccc1. The van der Waals surface area contributed by atoms with Gasteiger partial charge in [-0.15, -0.1) is 10.2 Å². The van der Waals surface area contributed by atoms with Crippen molar-refractivity contribution in [2.75, 3.05) is 5.75 Å². The lowest BCUT2D eigenvalue weighted by molar-refractivity contribution is -0.133. The molecule has 1 aromatic heterocycles. The molecule has 1 heterocycles. The van der Waals surface area contributed by atoms with Gasteiger partial charge in [0.05, 0.1) is 11.4 Å². The van der Waals surface area contributed by atoms with E-state index in [4.69, 9.17) is 5.11 Å². The van der Waals surface area contributed by atoms with E-state index >= 15 is 0 Å². The van der Waals surface area contributed by atoms with E-state index in [1.54, 1.807) is 4.57 Å². The number of rotatable bonds is 6. The summed E-state index contributed by atoms with van der Waals surface area (Å²) in [5.41, 5.74) is 2.48. The van der Waals surface area contributed by atoms with E-state index < -0.39 is 12.1 Å². The number of carboxylic acids is 1. The third-order valence-electron chi connectivity index (χ3n) is 3.70. The van der Waals surface area contributed by atoms with Crippen LogP contribution in [-0.4, -0.2) is 36.7 Å². The van der Waals surface area contributed by atoms with Crippen LogP contribution in [0.5, 0.6) is 0 Å². The lowest BCUT2D eigenvalue weighted by Crippen LogP contribution is -2.11. The largest absolute Gasteiger partial charge is 0.481 e. The smallest absolute Gasteiger partial charge is 0.313 e. The van der Waals surface area contributed by atoms with Crippen molar-refractivity contribution in [3.63, 3.8) is 0 Å². The predicted molar refractivity (Wildman–Crippen MR) is 95.0 cm³/mol. The first kappa shape index (κ1) is 17.2. The molecule has 25 heavy (non-hydrogen) atoms. The van der Waals surface area contributed by atoms with Gasteiger partial charge in [0.1, 0.15) is 6.10 Å². The Morgan fingerprint density at radius 1 is 1.12 bits per heavy atom. The molecule has 7 heteroatoms. The van der Waals surface area contributed by atoms with Crippen molar-refractivity contribution in [1.29, 1.82) is 0 Å². The highest BCUT2D eigenvalue weighted by Gasteiger charge is 2.23. The number of hydrogen-bond acceptors (Lipinski definition) is 5. The summed E-state index contributed by atoms with van der Waals surface area (Å²) >= 11 is 1.07. The fourth-order valence-corrected chi connectivity index (χ4v) is 3.18. The Morgan fingerprint density at radius 2 is 1.80 bits per heavy atom. The molecule has 0 spiro atoms. The summed E-state index contributed by atoms with van der Waals surface area (Å²) in [6.45, 7) is 1.94. The Bertz CT molecular complexity index is 880. The minimum Gasteiger partial charge on any atom is -0.481 e. The lowest BCUT2D eigenvalue weighted by atomic mass is 10.1. The Morgan fingerprint density at radius 3 is 2.48 bits per heavy atom. The zero-order valence-electron chi connectivity index (χ0n) is 13.5. The maximum atomic E-state index is 10.9. The number of thioether (sulfide) groups is 1. The zero-order chi connectivity index (χ0) is 17.8. The average molecular weight is 355 g/mol. The van der Waals surface area contributed by atoms with Crippen molar-refractivity contribution >= 4 is 17.7 Å². The van der Waals surface area contributed by atoms with Gasteiger partial charge < -0.3 is 10.2 Å². The van der Waals surface area contributed by atoms with Gasteiger partial charge in [-0.05, 0) is 24.1 Å². The number of carboxylic acid groups (broad SMARTS) is 1. The molecule has 3 rings (SSSR count). The molecule has 0 bridgehead atoms. The van der Waals surface area contributed by atoms with Gasteiger partial charge in [0, 0.05) is 0 Å². The molecule has 3 aromatic rings. The number of benzene rings is 2. The van der Waals surface area contributed by atoms with Gasteiger partial charge in [-0.1, -0.05) is 60.3 Å². The molecular formula is C18H17N3O3S. The molecule has 1 atom stereocenters. The monoisotopic (exact) mass is 355 g/mol. The van der Waals surface area contributed by atoms with Crippen molar-refractivity contribution < 1.29 is 15.0 Å². The van der Waals surface area contributed by atoms with E-state index in [9.17, 15) is 9.90 Å². The van der Waals surface area contributed by atoms with Crippen LogP contribution in [-0.2, 0) is 4.79 Å². The Labute approximate surface area is 149 Å². The summed E-state index contributed by atoms with van der Waals surface area (Å²) in [6.07, 6.45) is -0.965. The van der Waals surface area contributed by atoms with Crippen molar-refractivity contribution in [2.45, 2.75) is 18.2 Å². The second kappa shape index (κ2) is 7.50. The summed E-state index contributed by atoms with van der Waals surface area (Å²) in [5, 5.41) is 28.4. The van der Waals surface area contributed by atoms with Gasteiger partial charge in [0.25, 0.3) is 0 Å². The quantitative estimate of drug-likeness (QED) is 0.661. The summed E-state index contributed by atoms with van der Waals surface area (Å²) in [6, 6.07) is 16.8. The molecule has 0 aliphatic carbocycles. The van der Waals surface area contributed by atoms with Crippen LogP contribution in [0.1, 0.15) is 23.1 Å². The molecule has 0 fully saturated rings. The summed E-state index contributed by atoms with van der Waals surface area (Å²) in [4.78, 5) is 10.9. The summed E-state index contributed by atoms with van der Waals surface area (Å²) in [7, 11) is 0. The van der Waals surface area contributed by atoms with Gasteiger partial charge in [0.2, 0.25) is 0 Å². The number of aliphatic hydroxyl groups is 1. The highest BCUT2D eigenvalue weighted by atomic mass is 32.2. The lowest BCUT2D eigenvalue weighted by Gasteiger charge is -2.16. The van der Waals surface area contributed by atoms with Gasteiger partial charge in [-0.3, -0.25) is 9.36 Å². The van der Waals surface area contributed by atoms with Gasteiger partial charge >= 0.3 is 5.97 Å². The summed E-state index contributed by atoms with van der Waals surface area (Å²) in [5.74, 6) is -0.714. The maximum Gasteiger partial charge on any atom is 0.313 e. The van der Waals surface area contributed by atoms with E-state index in [2.05, 4.69) is 10.2 Å². The minimum atomic E-state index is -0.965. The maximum absolute atomic E-state index is 10.9. The number of nitrogens with zero attached hydrogens (tertiary/aromatic N) is 3. The second-order valence-corrected chi connectivity index (χ2v) is 6.40. The molecule has 0 aliphatic heterocycles. The van der Waals surface area contributed by atoms with Crippen molar-refractivity contribution in [3.05, 3.63) is 71.5 Å². The van der Waals surface area contributed by atoms with E-state index in [1.165, 1.54) is 0 Å². The molecule has 0 saturated heterocycles. The number of aryl methyl sites for hydroxylation is 1. The number of aromatic nitrogens is 3. The van der Waals surface area contributed by atoms with Crippen molar-refractivity contribution in [2.24, 2.45) is 0 Å². The van der Waals surface area contributed by atoms with Crippen LogP contribution >= 0.6 is 11.8 Å². The number of aliphatic hydroxyl groups excluding tert-OH is 1. The fraction of sp³-hybridized carbons (Fsp3) is 0.167. The Kier molecular flexibility index (Phi) is 5.16. The minimum absolute atomic E-state index is 0.133. The average Bonchev–Trinajstić information content (AvgIpc) is 3.04. The van der Waals surface area contributed by atoms with Gasteiger partial charge in [0.15, 0.2) is 11.0 Å². The van der Waals surface area contributed by atoms with Crippen LogP contribution < -0.4 is 0 Å². The Hall–Kier alpha value is -2.64. The fourth-order valence-electron chi connectivity index (χ4n) is 2.50. The molecule has 128 valence electrons. The molecule has 0 saturated carbocycles. The Balaban J connectivity index is 2.09. The van der Waals surface area contributed by atoms with Crippen LogP contribution in [0.3, 0.4) is 0 Å². The molecule has 2 N–H and O–H groups in total. The van der Waals surface area contributed by atoms with Gasteiger partial charge in [-0.25, -0.2) is 0 Å². The highest BCUT2D eigenvalue weighted by Crippen LogP contribution is 2.29. The molecule has 0 amide bonds. The first-order chi connectivity index (χ1) is 12.1. The molecule has 0 radical (unpaired) electrons. The zero-order valence-corrected chi connectivity index (χ0v) is 14.3. The number of carbonyl (C=O) groups is 1. The number of hydrogen-bond donors (Lipinski definition) is 2. The van der Waals surface area contributed by atoms with E-state index in [-0.39, 0.29) is 5.75 Å². The number of para-hydroxylation sites is 1. The van der Waals surface area contributed by atoms with Crippen LogP contribution in [0.4, 0.5) is 0 Å². The standard InChI is InChI=1S/C18H17N3O3S/c1-12-7-5-6-10-14(12)21-17(16(24)13-8-3-2-4-9-13)19-20-18(21)25-11-15(22)23/h2-10,16,24H,11H2,1H3,(H,22,23). The second-order valence-electron chi connectivity index (χ2n) is 5.46. The van der Waals surface area contributed by atoms with E-state index in [0.717, 1.165) is 23.0 Å². The topological polar surface area (TPSA) is 88.2 Å². The van der Waals surface area contributed by atoms with Crippen LogP contribution in [0.15, 0.2) is 59.8 Å². The predicted octanol–water partition coefficient (Wildman–Crippen LogP) is 2.83.